The molecule has 0 bridgehead atoms. The molecule has 14 nitrogen and oxygen atoms in total. The number of benzene rings is 4. The molecule has 2 atom stereocenters. The van der Waals surface area contributed by atoms with E-state index in [0.717, 1.165) is 10.4 Å². The van der Waals surface area contributed by atoms with E-state index in [4.69, 9.17) is 18.7 Å². The number of anilines is 2. The number of imidazole rings is 1. The summed E-state index contributed by atoms with van der Waals surface area (Å²) >= 11 is 0. The summed E-state index contributed by atoms with van der Waals surface area (Å²) in [6.07, 6.45) is 0.435. The summed E-state index contributed by atoms with van der Waals surface area (Å²) in [7, 11) is -1.36. The second kappa shape index (κ2) is 16.9. The predicted molar refractivity (Wildman–Crippen MR) is 225 cm³/mol. The molecule has 3 heterocycles. The Morgan fingerprint density at radius 3 is 1.95 bits per heavy atom. The zero-order valence-electron chi connectivity index (χ0n) is 33.9. The molecule has 0 saturated carbocycles. The Kier molecular flexibility index (Phi) is 11.7. The average molecular weight is 814 g/mol. The number of likely N-dealkylation sites (N-methyl/N-ethyl adjacent to an activating group) is 1. The van der Waals surface area contributed by atoms with Gasteiger partial charge >= 0.3 is 12.1 Å². The van der Waals surface area contributed by atoms with E-state index in [1.165, 1.54) is 22.7 Å². The normalized spacial score (nSPS) is 17.5. The Morgan fingerprint density at radius 1 is 0.898 bits per heavy atom. The van der Waals surface area contributed by atoms with Crippen molar-refractivity contribution in [2.24, 2.45) is 4.99 Å². The van der Waals surface area contributed by atoms with Gasteiger partial charge in [0.2, 0.25) is 17.4 Å². The lowest BCUT2D eigenvalue weighted by Crippen LogP contribution is -2.67. The Hall–Kier alpha value is -6.26. The molecule has 2 amide bonds. The molecule has 4 aromatic carbocycles. The first-order chi connectivity index (χ1) is 28.4. The smallest absolute Gasteiger partial charge is 0.425 e. The van der Waals surface area contributed by atoms with Crippen molar-refractivity contribution in [3.8, 4) is 5.88 Å². The quantitative estimate of drug-likeness (QED) is 0.122. The van der Waals surface area contributed by atoms with Crippen LogP contribution in [0.5, 0.6) is 5.88 Å². The monoisotopic (exact) mass is 813 g/mol. The second-order valence-electron chi connectivity index (χ2n) is 15.1. The van der Waals surface area contributed by atoms with Gasteiger partial charge in [-0.1, -0.05) is 118 Å². The van der Waals surface area contributed by atoms with Gasteiger partial charge in [-0.15, -0.1) is 0 Å². The maximum Gasteiger partial charge on any atom is 0.425 e. The lowest BCUT2D eigenvalue weighted by atomic mass is 10.0. The van der Waals surface area contributed by atoms with Crippen LogP contribution in [0.15, 0.2) is 133 Å². The maximum atomic E-state index is 14.6. The Bertz CT molecular complexity index is 2410. The third kappa shape index (κ3) is 7.84. The maximum absolute atomic E-state index is 14.6. The number of para-hydroxylation sites is 2. The molecule has 2 aromatic heterocycles. The third-order valence-electron chi connectivity index (χ3n) is 10.3. The highest BCUT2D eigenvalue weighted by atomic mass is 28.4. The minimum atomic E-state index is -3.05. The fourth-order valence-corrected chi connectivity index (χ4v) is 12.3. The van der Waals surface area contributed by atoms with Gasteiger partial charge in [0.1, 0.15) is 5.52 Å². The molecule has 6 aromatic rings. The van der Waals surface area contributed by atoms with Crippen LogP contribution >= 0.6 is 0 Å². The molecule has 0 unspecified atom stereocenters. The van der Waals surface area contributed by atoms with Gasteiger partial charge < -0.3 is 18.9 Å². The molecule has 0 radical (unpaired) electrons. The number of nitrogens with zero attached hydrogens (tertiary/aromatic N) is 6. The van der Waals surface area contributed by atoms with Crippen molar-refractivity contribution in [2.75, 3.05) is 25.2 Å². The SMILES string of the molecule is CCOC(=O)[C@@]1(n2c(OC(=O)N(c3ccccc3)c3ccccc3)c3[nH]cnc3nc2=NC(C)=O)C[C@@H](CO[Si](c2ccccc2)(c2ccccc2)C(C)(C)C)N(C)O1. The molecule has 1 aliphatic rings. The molecule has 7 rings (SSSR count). The van der Waals surface area contributed by atoms with Gasteiger partial charge in [0.05, 0.1) is 37.0 Å². The van der Waals surface area contributed by atoms with Crippen LogP contribution in [0.1, 0.15) is 41.0 Å². The van der Waals surface area contributed by atoms with Gasteiger partial charge in [-0.2, -0.15) is 15.0 Å². The van der Waals surface area contributed by atoms with Crippen molar-refractivity contribution in [2.45, 2.75) is 57.8 Å². The van der Waals surface area contributed by atoms with Gasteiger partial charge in [0.15, 0.2) is 5.65 Å². The van der Waals surface area contributed by atoms with Crippen molar-refractivity contribution >= 4 is 59.2 Å². The Balaban J connectivity index is 1.38. The fourth-order valence-electron chi connectivity index (χ4n) is 7.69. The first-order valence-corrected chi connectivity index (χ1v) is 21.3. The van der Waals surface area contributed by atoms with E-state index in [-0.39, 0.29) is 47.3 Å². The Morgan fingerprint density at radius 2 is 1.44 bits per heavy atom. The third-order valence-corrected chi connectivity index (χ3v) is 15.3. The number of aromatic nitrogens is 4. The summed E-state index contributed by atoms with van der Waals surface area (Å²) in [5.74, 6) is -1.69. The zero-order valence-corrected chi connectivity index (χ0v) is 34.9. The number of hydroxylamine groups is 2. The summed E-state index contributed by atoms with van der Waals surface area (Å²) < 4.78 is 20.6. The average Bonchev–Trinajstić information content (AvgIpc) is 3.84. The van der Waals surface area contributed by atoms with Gasteiger partial charge in [0, 0.05) is 20.4 Å². The number of esters is 1. The minimum absolute atomic E-state index is 0.0126. The molecule has 15 heteroatoms. The molecule has 1 aliphatic heterocycles. The first kappa shape index (κ1) is 40.9. The van der Waals surface area contributed by atoms with Gasteiger partial charge in [0.25, 0.3) is 14.0 Å². The second-order valence-corrected chi connectivity index (χ2v) is 19.4. The highest BCUT2D eigenvalue weighted by Crippen LogP contribution is 2.42. The van der Waals surface area contributed by atoms with Crippen molar-refractivity contribution in [3.63, 3.8) is 0 Å². The number of carbonyl (C=O) groups excluding carboxylic acids is 3. The molecule has 304 valence electrons. The van der Waals surface area contributed by atoms with E-state index in [9.17, 15) is 14.4 Å². The Labute approximate surface area is 343 Å². The summed E-state index contributed by atoms with van der Waals surface area (Å²) in [5.41, 5.74) is -1.16. The molecule has 1 saturated heterocycles. The van der Waals surface area contributed by atoms with Gasteiger partial charge in [-0.25, -0.2) is 24.0 Å². The number of carbonyl (C=O) groups is 3. The predicted octanol–water partition coefficient (Wildman–Crippen LogP) is 5.97. The number of fused-ring (bicyclic) bond motifs is 1. The molecule has 1 N–H and O–H groups in total. The van der Waals surface area contributed by atoms with E-state index in [1.807, 2.05) is 48.5 Å². The number of hydrogen-bond acceptors (Lipinski definition) is 10. The lowest BCUT2D eigenvalue weighted by Gasteiger charge is -2.43. The summed E-state index contributed by atoms with van der Waals surface area (Å²) in [6, 6.07) is 37.8. The number of aromatic amines is 1. The van der Waals surface area contributed by atoms with E-state index in [2.05, 4.69) is 65.0 Å². The zero-order chi connectivity index (χ0) is 41.8. The molecule has 0 spiro atoms. The van der Waals surface area contributed by atoms with Crippen molar-refractivity contribution in [3.05, 3.63) is 133 Å². The summed E-state index contributed by atoms with van der Waals surface area (Å²) in [5, 5.41) is 3.37. The molecule has 0 aliphatic carbocycles. The van der Waals surface area contributed by atoms with Crippen LogP contribution in [0.25, 0.3) is 11.2 Å². The fraction of sp³-hybridized carbons (Fsp3) is 0.273. The number of hydrogen-bond donors (Lipinski definition) is 1. The van der Waals surface area contributed by atoms with E-state index < -0.39 is 38.1 Å². The van der Waals surface area contributed by atoms with Crippen LogP contribution in [0.2, 0.25) is 5.04 Å². The van der Waals surface area contributed by atoms with Crippen molar-refractivity contribution in [1.82, 2.24) is 24.6 Å². The lowest BCUT2D eigenvalue weighted by molar-refractivity contribution is -0.239. The molecule has 59 heavy (non-hydrogen) atoms. The van der Waals surface area contributed by atoms with Gasteiger partial charge in [-0.3, -0.25) is 9.63 Å². The van der Waals surface area contributed by atoms with Crippen LogP contribution in [0.4, 0.5) is 16.2 Å². The number of nitrogens with one attached hydrogen (secondary N) is 1. The van der Waals surface area contributed by atoms with E-state index in [0.29, 0.717) is 11.4 Å². The van der Waals surface area contributed by atoms with Crippen molar-refractivity contribution in [1.29, 1.82) is 0 Å². The van der Waals surface area contributed by atoms with Crippen LogP contribution in [-0.2, 0) is 29.3 Å². The van der Waals surface area contributed by atoms with Crippen LogP contribution in [0.3, 0.4) is 0 Å². The highest BCUT2D eigenvalue weighted by Gasteiger charge is 2.57. The number of rotatable bonds is 11. The topological polar surface area (TPSA) is 153 Å². The number of ether oxygens (including phenoxy) is 2. The summed E-state index contributed by atoms with van der Waals surface area (Å²) in [4.78, 5) is 66.2. The standard InChI is InChI=1S/C44H47N7O7Si/c1-7-55-40(53)44(28-34(49(6)58-44)29-56-59(43(3,4)5,35-24-16-10-17-25-35)36-26-18-11-19-27-36)51-39(37-38(46-30-45-37)48-41(51)47-31(2)52)57-42(54)50(32-20-12-8-13-21-32)33-22-14-9-15-23-33/h8-27,30,34H,7,28-29H2,1-6H3,(H,45,46,47,48,52)/t34-,44+/m0/s1. The van der Waals surface area contributed by atoms with E-state index >= 15 is 0 Å². The number of amides is 2. The largest absolute Gasteiger partial charge is 0.462 e. The van der Waals surface area contributed by atoms with Crippen LogP contribution in [-0.4, -0.2) is 77.2 Å². The molecular formula is C44H47N7O7Si. The summed E-state index contributed by atoms with van der Waals surface area (Å²) in [6.45, 7) is 9.58. The van der Waals surface area contributed by atoms with Crippen molar-refractivity contribution < 1.29 is 33.1 Å². The first-order valence-electron chi connectivity index (χ1n) is 19.4. The highest BCUT2D eigenvalue weighted by molar-refractivity contribution is 6.99. The van der Waals surface area contributed by atoms with Crippen LogP contribution in [0, 0.1) is 0 Å². The van der Waals surface area contributed by atoms with Crippen LogP contribution < -0.4 is 25.6 Å². The number of H-pyrrole nitrogens is 1. The minimum Gasteiger partial charge on any atom is -0.462 e. The van der Waals surface area contributed by atoms with E-state index in [1.54, 1.807) is 67.6 Å². The molecule has 1 fully saturated rings. The molecular weight excluding hydrogens is 767 g/mol. The van der Waals surface area contributed by atoms with Gasteiger partial charge in [-0.05, 0) is 46.6 Å².